The van der Waals surface area contributed by atoms with E-state index < -0.39 is 0 Å². The molecule has 0 aromatic carbocycles. The number of amides is 1. The van der Waals surface area contributed by atoms with E-state index in [1.807, 2.05) is 4.90 Å². The van der Waals surface area contributed by atoms with E-state index in [0.717, 1.165) is 38.6 Å². The number of nitrogens with zero attached hydrogens (tertiary/aromatic N) is 1. The number of piperazine rings is 1. The summed E-state index contributed by atoms with van der Waals surface area (Å²) < 4.78 is 0. The van der Waals surface area contributed by atoms with Crippen LogP contribution in [0.2, 0.25) is 0 Å². The molecule has 0 bridgehead atoms. The van der Waals surface area contributed by atoms with Crippen molar-refractivity contribution in [2.75, 3.05) is 39.3 Å². The lowest BCUT2D eigenvalue weighted by Crippen LogP contribution is -2.50. The first-order valence-corrected chi connectivity index (χ1v) is 5.55. The Hall–Kier alpha value is -0.610. The highest BCUT2D eigenvalue weighted by Crippen LogP contribution is 2.13. The zero-order valence-electron chi connectivity index (χ0n) is 8.59. The van der Waals surface area contributed by atoms with Gasteiger partial charge in [0.2, 0.25) is 5.91 Å². The van der Waals surface area contributed by atoms with Crippen LogP contribution in [-0.4, -0.2) is 50.1 Å². The molecule has 0 spiro atoms. The van der Waals surface area contributed by atoms with Crippen molar-refractivity contribution in [3.05, 3.63) is 0 Å². The molecule has 2 heterocycles. The maximum atomic E-state index is 11.5. The standard InChI is InChI=1S/C10H19N3O/c14-10-7-12-5-6-13(10)8-9-1-3-11-4-2-9/h9,11-12H,1-8H2. The monoisotopic (exact) mass is 197 g/mol. The molecule has 80 valence electrons. The minimum atomic E-state index is 0.273. The van der Waals surface area contributed by atoms with Gasteiger partial charge in [-0.25, -0.2) is 0 Å². The number of carbonyl (C=O) groups excluding carboxylic acids is 1. The number of nitrogens with one attached hydrogen (secondary N) is 2. The minimum absolute atomic E-state index is 0.273. The molecule has 0 atom stereocenters. The van der Waals surface area contributed by atoms with E-state index in [-0.39, 0.29) is 5.91 Å². The molecule has 2 aliphatic rings. The van der Waals surface area contributed by atoms with Crippen LogP contribution in [0.5, 0.6) is 0 Å². The van der Waals surface area contributed by atoms with Gasteiger partial charge in [-0.2, -0.15) is 0 Å². The lowest BCUT2D eigenvalue weighted by molar-refractivity contribution is -0.132. The van der Waals surface area contributed by atoms with Crippen LogP contribution in [0.1, 0.15) is 12.8 Å². The Morgan fingerprint density at radius 3 is 2.71 bits per heavy atom. The molecule has 0 radical (unpaired) electrons. The lowest BCUT2D eigenvalue weighted by atomic mass is 9.97. The Labute approximate surface area is 85.0 Å². The number of carbonyl (C=O) groups is 1. The second-order valence-electron chi connectivity index (χ2n) is 4.21. The van der Waals surface area contributed by atoms with Gasteiger partial charge in [-0.1, -0.05) is 0 Å². The first-order valence-electron chi connectivity index (χ1n) is 5.55. The van der Waals surface area contributed by atoms with Gasteiger partial charge in [-0.15, -0.1) is 0 Å². The van der Waals surface area contributed by atoms with E-state index >= 15 is 0 Å². The van der Waals surface area contributed by atoms with E-state index in [0.29, 0.717) is 6.54 Å². The van der Waals surface area contributed by atoms with Crippen LogP contribution in [-0.2, 0) is 4.79 Å². The van der Waals surface area contributed by atoms with Gasteiger partial charge in [0, 0.05) is 19.6 Å². The summed E-state index contributed by atoms with van der Waals surface area (Å²) in [4.78, 5) is 13.5. The topological polar surface area (TPSA) is 44.4 Å². The third-order valence-corrected chi connectivity index (χ3v) is 3.12. The first-order chi connectivity index (χ1) is 6.86. The summed E-state index contributed by atoms with van der Waals surface area (Å²) in [6.45, 7) is 5.59. The van der Waals surface area contributed by atoms with Crippen LogP contribution < -0.4 is 10.6 Å². The third kappa shape index (κ3) is 2.45. The average Bonchev–Trinajstić information content (AvgIpc) is 2.23. The fourth-order valence-corrected chi connectivity index (χ4v) is 2.21. The van der Waals surface area contributed by atoms with Crippen molar-refractivity contribution in [2.24, 2.45) is 5.92 Å². The zero-order chi connectivity index (χ0) is 9.80. The Balaban J connectivity index is 1.79. The predicted molar refractivity (Wildman–Crippen MR) is 55.0 cm³/mol. The highest BCUT2D eigenvalue weighted by molar-refractivity contribution is 5.78. The van der Waals surface area contributed by atoms with Gasteiger partial charge in [0.05, 0.1) is 6.54 Å². The van der Waals surface area contributed by atoms with E-state index in [9.17, 15) is 4.79 Å². The van der Waals surface area contributed by atoms with E-state index in [2.05, 4.69) is 10.6 Å². The van der Waals surface area contributed by atoms with Gasteiger partial charge in [0.25, 0.3) is 0 Å². The van der Waals surface area contributed by atoms with Crippen molar-refractivity contribution in [3.63, 3.8) is 0 Å². The van der Waals surface area contributed by atoms with Gasteiger partial charge in [-0.05, 0) is 31.8 Å². The van der Waals surface area contributed by atoms with Crippen LogP contribution >= 0.6 is 0 Å². The maximum Gasteiger partial charge on any atom is 0.236 e. The second-order valence-corrected chi connectivity index (χ2v) is 4.21. The minimum Gasteiger partial charge on any atom is -0.340 e. The normalized spacial score (nSPS) is 25.4. The molecule has 0 unspecified atom stereocenters. The smallest absolute Gasteiger partial charge is 0.236 e. The van der Waals surface area contributed by atoms with Gasteiger partial charge in [0.15, 0.2) is 0 Å². The van der Waals surface area contributed by atoms with Crippen LogP contribution in [0, 0.1) is 5.92 Å². The van der Waals surface area contributed by atoms with Crippen LogP contribution in [0.15, 0.2) is 0 Å². The van der Waals surface area contributed by atoms with Crippen LogP contribution in [0.4, 0.5) is 0 Å². The maximum absolute atomic E-state index is 11.5. The Kier molecular flexibility index (Phi) is 3.37. The molecule has 1 amide bonds. The molecule has 0 aromatic heterocycles. The Morgan fingerprint density at radius 2 is 2.00 bits per heavy atom. The van der Waals surface area contributed by atoms with Gasteiger partial charge in [-0.3, -0.25) is 4.79 Å². The predicted octanol–water partition coefficient (Wildman–Crippen LogP) is -0.582. The first kappa shape index (κ1) is 9.93. The third-order valence-electron chi connectivity index (χ3n) is 3.12. The molecule has 0 saturated carbocycles. The molecule has 2 N–H and O–H groups in total. The molecule has 2 saturated heterocycles. The number of hydrogen-bond donors (Lipinski definition) is 2. The van der Waals surface area contributed by atoms with Crippen LogP contribution in [0.25, 0.3) is 0 Å². The number of hydrogen-bond acceptors (Lipinski definition) is 3. The molecule has 0 aliphatic carbocycles. The second kappa shape index (κ2) is 4.75. The van der Waals surface area contributed by atoms with E-state index in [1.54, 1.807) is 0 Å². The molecule has 14 heavy (non-hydrogen) atoms. The molecule has 2 rings (SSSR count). The number of piperidine rings is 1. The molecule has 4 heteroatoms. The quantitative estimate of drug-likeness (QED) is 0.622. The molecular weight excluding hydrogens is 178 g/mol. The molecule has 4 nitrogen and oxygen atoms in total. The van der Waals surface area contributed by atoms with Crippen molar-refractivity contribution >= 4 is 5.91 Å². The van der Waals surface area contributed by atoms with Crippen molar-refractivity contribution in [3.8, 4) is 0 Å². The summed E-state index contributed by atoms with van der Waals surface area (Å²) in [5.74, 6) is 0.994. The summed E-state index contributed by atoms with van der Waals surface area (Å²) in [5, 5.41) is 6.45. The van der Waals surface area contributed by atoms with Crippen LogP contribution in [0.3, 0.4) is 0 Å². The largest absolute Gasteiger partial charge is 0.340 e. The number of rotatable bonds is 2. The highest BCUT2D eigenvalue weighted by Gasteiger charge is 2.22. The zero-order valence-corrected chi connectivity index (χ0v) is 8.59. The van der Waals surface area contributed by atoms with E-state index in [4.69, 9.17) is 0 Å². The van der Waals surface area contributed by atoms with Gasteiger partial charge >= 0.3 is 0 Å². The van der Waals surface area contributed by atoms with Crippen molar-refractivity contribution in [2.45, 2.75) is 12.8 Å². The fraction of sp³-hybridized carbons (Fsp3) is 0.900. The fourth-order valence-electron chi connectivity index (χ4n) is 2.21. The lowest BCUT2D eigenvalue weighted by Gasteiger charge is -2.32. The molecule has 0 aromatic rings. The average molecular weight is 197 g/mol. The highest BCUT2D eigenvalue weighted by atomic mass is 16.2. The SMILES string of the molecule is O=C1CNCCN1CC1CCNCC1. The Bertz CT molecular complexity index is 202. The van der Waals surface area contributed by atoms with Crippen molar-refractivity contribution in [1.82, 2.24) is 15.5 Å². The summed E-state index contributed by atoms with van der Waals surface area (Å²) in [6.07, 6.45) is 2.44. The molecule has 2 fully saturated rings. The summed E-state index contributed by atoms with van der Waals surface area (Å²) in [5.41, 5.74) is 0. The molecule has 2 aliphatic heterocycles. The summed E-state index contributed by atoms with van der Waals surface area (Å²) >= 11 is 0. The van der Waals surface area contributed by atoms with E-state index in [1.165, 1.54) is 12.8 Å². The Morgan fingerprint density at radius 1 is 1.21 bits per heavy atom. The summed E-state index contributed by atoms with van der Waals surface area (Å²) in [6, 6.07) is 0. The van der Waals surface area contributed by atoms with Crippen molar-refractivity contribution < 1.29 is 4.79 Å². The summed E-state index contributed by atoms with van der Waals surface area (Å²) in [7, 11) is 0. The molecular formula is C10H19N3O. The van der Waals surface area contributed by atoms with Crippen molar-refractivity contribution in [1.29, 1.82) is 0 Å². The van der Waals surface area contributed by atoms with Gasteiger partial charge < -0.3 is 15.5 Å². The van der Waals surface area contributed by atoms with Gasteiger partial charge in [0.1, 0.15) is 0 Å².